The van der Waals surface area contributed by atoms with Crippen LogP contribution in [0.5, 0.6) is 0 Å². The lowest BCUT2D eigenvalue weighted by molar-refractivity contribution is -0.140. The van der Waals surface area contributed by atoms with Gasteiger partial charge in [0.1, 0.15) is 0 Å². The van der Waals surface area contributed by atoms with E-state index in [1.54, 1.807) is 0 Å². The Kier molecular flexibility index (Phi) is 8.30. The van der Waals surface area contributed by atoms with E-state index >= 15 is 0 Å². The van der Waals surface area contributed by atoms with Gasteiger partial charge in [0.05, 0.1) is 0 Å². The van der Waals surface area contributed by atoms with Gasteiger partial charge in [-0.15, -0.1) is 0 Å². The summed E-state index contributed by atoms with van der Waals surface area (Å²) in [5.41, 5.74) is 0. The molecule has 0 nitrogen and oxygen atoms in total. The highest BCUT2D eigenvalue weighted by molar-refractivity contribution is 14.1. The van der Waals surface area contributed by atoms with Crippen molar-refractivity contribution in [3.63, 3.8) is 0 Å². The lowest BCUT2D eigenvalue weighted by Crippen LogP contribution is -2.25. The molecule has 7 heteroatoms. The van der Waals surface area contributed by atoms with E-state index in [0.29, 0.717) is 12.3 Å². The van der Waals surface area contributed by atoms with Gasteiger partial charge in [-0.3, -0.25) is 0 Å². The largest absolute Gasteiger partial charge is 0.389 e. The summed E-state index contributed by atoms with van der Waals surface area (Å²) in [6.45, 7) is 0. The fraction of sp³-hybridized carbons (Fsp3) is 1.00. The molecule has 0 aromatic rings. The Balaban J connectivity index is 2.53. The summed E-state index contributed by atoms with van der Waals surface area (Å²) in [6.07, 6.45) is -5.92. The van der Waals surface area contributed by atoms with Crippen molar-refractivity contribution >= 4 is 22.6 Å². The fourth-order valence-corrected chi connectivity index (χ4v) is 3.95. The second-order valence-corrected chi connectivity index (χ2v) is 7.52. The van der Waals surface area contributed by atoms with E-state index in [-0.39, 0.29) is 24.7 Å². The molecule has 1 rings (SSSR count). The van der Waals surface area contributed by atoms with Crippen LogP contribution in [-0.4, -0.2) is 16.8 Å². The van der Waals surface area contributed by atoms with Gasteiger partial charge in [-0.25, -0.2) is 0 Å². The monoisotopic (exact) mass is 444 g/mol. The summed E-state index contributed by atoms with van der Waals surface area (Å²) in [4.78, 5) is 0. The van der Waals surface area contributed by atoms with Crippen molar-refractivity contribution in [2.45, 2.75) is 70.1 Å². The molecular formula is C15H23F6I. The maximum Gasteiger partial charge on any atom is 0.389 e. The first-order valence-corrected chi connectivity index (χ1v) is 9.31. The first-order chi connectivity index (χ1) is 10.1. The molecule has 1 fully saturated rings. The molecular weight excluding hydrogens is 421 g/mol. The number of hydrogen-bond acceptors (Lipinski definition) is 0. The first-order valence-electron chi connectivity index (χ1n) is 7.78. The van der Waals surface area contributed by atoms with Crippen LogP contribution in [0.3, 0.4) is 0 Å². The molecule has 0 bridgehead atoms. The number of halogens is 7. The predicted octanol–water partition coefficient (Wildman–Crippen LogP) is 6.92. The van der Waals surface area contributed by atoms with Gasteiger partial charge in [-0.2, -0.15) is 26.3 Å². The van der Waals surface area contributed by atoms with Gasteiger partial charge in [-0.05, 0) is 67.1 Å². The molecule has 1 aliphatic carbocycles. The van der Waals surface area contributed by atoms with Crippen molar-refractivity contribution in [1.82, 2.24) is 0 Å². The molecule has 0 N–H and O–H groups in total. The average Bonchev–Trinajstić information content (AvgIpc) is 2.39. The molecule has 0 amide bonds. The zero-order valence-electron chi connectivity index (χ0n) is 12.4. The molecule has 22 heavy (non-hydrogen) atoms. The lowest BCUT2D eigenvalue weighted by atomic mass is 9.71. The van der Waals surface area contributed by atoms with E-state index < -0.39 is 25.2 Å². The zero-order chi connectivity index (χ0) is 16.8. The molecule has 0 aromatic carbocycles. The van der Waals surface area contributed by atoms with Gasteiger partial charge in [0.25, 0.3) is 0 Å². The van der Waals surface area contributed by atoms with Gasteiger partial charge in [0.15, 0.2) is 0 Å². The highest BCUT2D eigenvalue weighted by Crippen LogP contribution is 2.42. The molecule has 1 aliphatic rings. The Bertz CT molecular complexity index is 286. The van der Waals surface area contributed by atoms with E-state index in [4.69, 9.17) is 0 Å². The highest BCUT2D eigenvalue weighted by atomic mass is 127. The van der Waals surface area contributed by atoms with E-state index in [0.717, 1.165) is 30.1 Å². The molecule has 0 saturated heterocycles. The maximum atomic E-state index is 12.4. The van der Waals surface area contributed by atoms with Gasteiger partial charge >= 0.3 is 12.4 Å². The Hall–Kier alpha value is 0.310. The van der Waals surface area contributed by atoms with Crippen LogP contribution in [0.2, 0.25) is 0 Å². The van der Waals surface area contributed by atoms with Crippen LogP contribution in [0.15, 0.2) is 0 Å². The average molecular weight is 444 g/mol. The Labute approximate surface area is 141 Å². The Morgan fingerprint density at radius 1 is 0.682 bits per heavy atom. The maximum absolute atomic E-state index is 12.4. The topological polar surface area (TPSA) is 0 Å². The second kappa shape index (κ2) is 8.97. The Morgan fingerprint density at radius 2 is 1.05 bits per heavy atom. The molecule has 2 unspecified atom stereocenters. The number of rotatable bonds is 7. The quantitative estimate of drug-likeness (QED) is 0.227. The molecule has 0 aromatic heterocycles. The highest BCUT2D eigenvalue weighted by Gasteiger charge is 2.35. The summed E-state index contributed by atoms with van der Waals surface area (Å²) in [5, 5.41) is 0. The summed E-state index contributed by atoms with van der Waals surface area (Å²) >= 11 is 2.25. The molecule has 0 aliphatic heterocycles. The van der Waals surface area contributed by atoms with Gasteiger partial charge in [0, 0.05) is 12.8 Å². The standard InChI is InChI=1S/C15H23F6I/c16-14(17,18)5-3-12-8-11(2-1-7-22)9-13(10-12)4-6-15(19,20)21/h11-13H,1-10H2. The van der Waals surface area contributed by atoms with Crippen LogP contribution in [-0.2, 0) is 0 Å². The van der Waals surface area contributed by atoms with Crippen LogP contribution in [0, 0.1) is 17.8 Å². The lowest BCUT2D eigenvalue weighted by Gasteiger charge is -2.35. The van der Waals surface area contributed by atoms with E-state index in [1.165, 1.54) is 0 Å². The fourth-order valence-electron chi connectivity index (χ4n) is 3.51. The molecule has 132 valence electrons. The van der Waals surface area contributed by atoms with Crippen molar-refractivity contribution in [2.24, 2.45) is 17.8 Å². The molecule has 0 radical (unpaired) electrons. The van der Waals surface area contributed by atoms with Crippen molar-refractivity contribution in [3.8, 4) is 0 Å². The van der Waals surface area contributed by atoms with Crippen molar-refractivity contribution in [2.75, 3.05) is 4.43 Å². The third-order valence-electron chi connectivity index (χ3n) is 4.42. The van der Waals surface area contributed by atoms with E-state index in [1.807, 2.05) is 0 Å². The smallest absolute Gasteiger partial charge is 0.171 e. The summed E-state index contributed by atoms with van der Waals surface area (Å²) in [6, 6.07) is 0. The summed E-state index contributed by atoms with van der Waals surface area (Å²) in [5.74, 6) is 0.139. The first kappa shape index (κ1) is 20.4. The van der Waals surface area contributed by atoms with Crippen molar-refractivity contribution < 1.29 is 26.3 Å². The van der Waals surface area contributed by atoms with Crippen molar-refractivity contribution in [1.29, 1.82) is 0 Å². The minimum atomic E-state index is -4.17. The SMILES string of the molecule is FC(F)(F)CCC1CC(CCCI)CC(CCC(F)(F)F)C1. The third-order valence-corrected chi connectivity index (χ3v) is 5.18. The van der Waals surface area contributed by atoms with Crippen LogP contribution in [0.4, 0.5) is 26.3 Å². The molecule has 0 spiro atoms. The van der Waals surface area contributed by atoms with Crippen LogP contribution in [0.1, 0.15) is 57.8 Å². The van der Waals surface area contributed by atoms with Crippen LogP contribution < -0.4 is 0 Å². The molecule has 0 heterocycles. The van der Waals surface area contributed by atoms with Crippen molar-refractivity contribution in [3.05, 3.63) is 0 Å². The van der Waals surface area contributed by atoms with E-state index in [2.05, 4.69) is 22.6 Å². The number of hydrogen-bond donors (Lipinski definition) is 0. The second-order valence-electron chi connectivity index (χ2n) is 6.44. The van der Waals surface area contributed by atoms with E-state index in [9.17, 15) is 26.3 Å². The zero-order valence-corrected chi connectivity index (χ0v) is 14.6. The minimum absolute atomic E-state index is 0.0623. The van der Waals surface area contributed by atoms with Gasteiger partial charge < -0.3 is 0 Å². The summed E-state index contributed by atoms with van der Waals surface area (Å²) in [7, 11) is 0. The molecule has 1 saturated carbocycles. The molecule has 2 atom stereocenters. The van der Waals surface area contributed by atoms with Crippen LogP contribution >= 0.6 is 22.6 Å². The third kappa shape index (κ3) is 9.45. The number of alkyl halides is 7. The summed E-state index contributed by atoms with van der Waals surface area (Å²) < 4.78 is 75.2. The van der Waals surface area contributed by atoms with Crippen LogP contribution in [0.25, 0.3) is 0 Å². The minimum Gasteiger partial charge on any atom is -0.171 e. The normalized spacial score (nSPS) is 27.1. The van der Waals surface area contributed by atoms with Gasteiger partial charge in [0.2, 0.25) is 0 Å². The Morgan fingerprint density at radius 3 is 1.36 bits per heavy atom. The van der Waals surface area contributed by atoms with Gasteiger partial charge in [-0.1, -0.05) is 22.6 Å². The predicted molar refractivity (Wildman–Crippen MR) is 83.0 cm³/mol.